The minimum Gasteiger partial charge on any atom is -0.475 e. The van der Waals surface area contributed by atoms with Crippen molar-refractivity contribution in [2.75, 3.05) is 6.61 Å². The molecule has 1 fully saturated rings. The average molecular weight is 351 g/mol. The fourth-order valence-corrected chi connectivity index (χ4v) is 3.49. The van der Waals surface area contributed by atoms with Gasteiger partial charge in [0.2, 0.25) is 11.8 Å². The van der Waals surface area contributed by atoms with Crippen molar-refractivity contribution in [3.05, 3.63) is 46.5 Å². The van der Waals surface area contributed by atoms with Crippen molar-refractivity contribution in [3.8, 4) is 5.88 Å². The summed E-state index contributed by atoms with van der Waals surface area (Å²) in [6, 6.07) is 5.78. The van der Waals surface area contributed by atoms with Crippen molar-refractivity contribution < 1.29 is 9.53 Å². The topological polar surface area (TPSA) is 84.1 Å². The lowest BCUT2D eigenvalue weighted by Crippen LogP contribution is -2.31. The number of aromatic nitrogens is 2. The molecule has 134 valence electrons. The number of nitrogens with one attached hydrogen (secondary N) is 2. The molecular formula is C20H21N3O3. The highest BCUT2D eigenvalue weighted by Crippen LogP contribution is 2.31. The number of pyridine rings is 2. The molecule has 6 nitrogen and oxygen atoms in total. The normalized spacial score (nSPS) is 17.2. The van der Waals surface area contributed by atoms with Crippen LogP contribution in [0.4, 0.5) is 0 Å². The second kappa shape index (κ2) is 6.44. The van der Waals surface area contributed by atoms with Gasteiger partial charge in [-0.3, -0.25) is 9.59 Å². The quantitative estimate of drug-likeness (QED) is 0.708. The molecule has 1 aliphatic heterocycles. The van der Waals surface area contributed by atoms with Gasteiger partial charge in [-0.1, -0.05) is 13.8 Å². The molecule has 2 N–H and O–H groups in total. The van der Waals surface area contributed by atoms with Gasteiger partial charge in [0.25, 0.3) is 5.56 Å². The SMILES string of the molecule is CC(C)c1c[nH]c(=O)c2cc3ccnc(OC[C@@H]4CCC(=O)N4)c3cc12. The number of hydrogen-bond donors (Lipinski definition) is 2. The van der Waals surface area contributed by atoms with Crippen LogP contribution in [0, 0.1) is 0 Å². The van der Waals surface area contributed by atoms with Gasteiger partial charge in [0.15, 0.2) is 0 Å². The van der Waals surface area contributed by atoms with Crippen LogP contribution in [0.5, 0.6) is 5.88 Å². The first-order valence-electron chi connectivity index (χ1n) is 8.89. The van der Waals surface area contributed by atoms with E-state index in [4.69, 9.17) is 4.74 Å². The number of H-pyrrole nitrogens is 1. The summed E-state index contributed by atoms with van der Waals surface area (Å²) in [6.45, 7) is 4.59. The number of nitrogens with zero attached hydrogens (tertiary/aromatic N) is 1. The first kappa shape index (κ1) is 16.6. The first-order chi connectivity index (χ1) is 12.5. The Labute approximate surface area is 150 Å². The van der Waals surface area contributed by atoms with Crippen molar-refractivity contribution >= 4 is 27.5 Å². The van der Waals surface area contributed by atoms with Gasteiger partial charge in [0, 0.05) is 29.6 Å². The van der Waals surface area contributed by atoms with E-state index in [0.29, 0.717) is 24.3 Å². The fourth-order valence-electron chi connectivity index (χ4n) is 3.49. The Bertz CT molecular complexity index is 1060. The molecule has 1 atom stereocenters. The third-order valence-corrected chi connectivity index (χ3v) is 4.91. The summed E-state index contributed by atoms with van der Waals surface area (Å²) >= 11 is 0. The molecule has 26 heavy (non-hydrogen) atoms. The van der Waals surface area contributed by atoms with Gasteiger partial charge in [-0.2, -0.15) is 0 Å². The van der Waals surface area contributed by atoms with Gasteiger partial charge in [0.05, 0.1) is 6.04 Å². The molecule has 0 radical (unpaired) electrons. The highest BCUT2D eigenvalue weighted by molar-refractivity contribution is 6.01. The van der Waals surface area contributed by atoms with Crippen LogP contribution < -0.4 is 15.6 Å². The maximum atomic E-state index is 12.3. The minimum absolute atomic E-state index is 0.0223. The Balaban J connectivity index is 1.79. The van der Waals surface area contributed by atoms with E-state index in [-0.39, 0.29) is 23.4 Å². The average Bonchev–Trinajstić information content (AvgIpc) is 3.04. The summed E-state index contributed by atoms with van der Waals surface area (Å²) in [7, 11) is 0. The van der Waals surface area contributed by atoms with Gasteiger partial charge in [-0.15, -0.1) is 0 Å². The summed E-state index contributed by atoms with van der Waals surface area (Å²) in [6.07, 6.45) is 4.78. The van der Waals surface area contributed by atoms with Crippen LogP contribution in [-0.2, 0) is 4.79 Å². The third kappa shape index (κ3) is 2.92. The molecular weight excluding hydrogens is 330 g/mol. The van der Waals surface area contributed by atoms with E-state index in [9.17, 15) is 9.59 Å². The zero-order valence-corrected chi connectivity index (χ0v) is 14.8. The lowest BCUT2D eigenvalue weighted by atomic mass is 9.96. The maximum absolute atomic E-state index is 12.3. The van der Waals surface area contributed by atoms with Crippen LogP contribution in [0.3, 0.4) is 0 Å². The molecule has 0 aliphatic carbocycles. The number of amides is 1. The molecule has 6 heteroatoms. The van der Waals surface area contributed by atoms with Gasteiger partial charge in [-0.05, 0) is 46.9 Å². The summed E-state index contributed by atoms with van der Waals surface area (Å²) < 4.78 is 5.92. The lowest BCUT2D eigenvalue weighted by Gasteiger charge is -2.14. The number of aromatic amines is 1. The second-order valence-electron chi connectivity index (χ2n) is 7.08. The van der Waals surface area contributed by atoms with Gasteiger partial charge in [0.1, 0.15) is 6.61 Å². The van der Waals surface area contributed by atoms with E-state index >= 15 is 0 Å². The number of hydrogen-bond acceptors (Lipinski definition) is 4. The second-order valence-corrected chi connectivity index (χ2v) is 7.08. The van der Waals surface area contributed by atoms with E-state index in [2.05, 4.69) is 29.1 Å². The summed E-state index contributed by atoms with van der Waals surface area (Å²) in [5, 5.41) is 6.26. The Kier molecular flexibility index (Phi) is 4.11. The molecule has 2 aromatic heterocycles. The smallest absolute Gasteiger partial charge is 0.255 e. The van der Waals surface area contributed by atoms with Gasteiger partial charge in [-0.25, -0.2) is 4.98 Å². The molecule has 0 bridgehead atoms. The number of carbonyl (C=O) groups is 1. The predicted octanol–water partition coefficient (Wildman–Crippen LogP) is 2.86. The number of carbonyl (C=O) groups excluding carboxylic acids is 1. The first-order valence-corrected chi connectivity index (χ1v) is 8.89. The van der Waals surface area contributed by atoms with E-state index in [1.165, 1.54) is 0 Å². The highest BCUT2D eigenvalue weighted by atomic mass is 16.5. The van der Waals surface area contributed by atoms with Crippen molar-refractivity contribution in [2.45, 2.75) is 38.6 Å². The van der Waals surface area contributed by atoms with Crippen LogP contribution >= 0.6 is 0 Å². The molecule has 0 spiro atoms. The summed E-state index contributed by atoms with van der Waals surface area (Å²) in [5.41, 5.74) is 0.985. The number of ether oxygens (including phenoxy) is 1. The lowest BCUT2D eigenvalue weighted by molar-refractivity contribution is -0.119. The number of benzene rings is 1. The van der Waals surface area contributed by atoms with Crippen LogP contribution in [0.25, 0.3) is 21.5 Å². The van der Waals surface area contributed by atoms with Crippen molar-refractivity contribution in [1.29, 1.82) is 0 Å². The minimum atomic E-state index is -0.0979. The monoisotopic (exact) mass is 351 g/mol. The maximum Gasteiger partial charge on any atom is 0.255 e. The van der Waals surface area contributed by atoms with Crippen LogP contribution in [-0.4, -0.2) is 28.5 Å². The largest absolute Gasteiger partial charge is 0.475 e. The molecule has 1 aliphatic rings. The van der Waals surface area contributed by atoms with E-state index < -0.39 is 0 Å². The van der Waals surface area contributed by atoms with Crippen LogP contribution in [0.2, 0.25) is 0 Å². The van der Waals surface area contributed by atoms with Crippen LogP contribution in [0.1, 0.15) is 38.2 Å². The van der Waals surface area contributed by atoms with Crippen molar-refractivity contribution in [2.24, 2.45) is 0 Å². The van der Waals surface area contributed by atoms with E-state index in [0.717, 1.165) is 28.1 Å². The Morgan fingerprint density at radius 3 is 2.81 bits per heavy atom. The Morgan fingerprint density at radius 1 is 1.23 bits per heavy atom. The summed E-state index contributed by atoms with van der Waals surface area (Å²) in [4.78, 5) is 30.8. The molecule has 4 rings (SSSR count). The zero-order chi connectivity index (χ0) is 18.3. The van der Waals surface area contributed by atoms with E-state index in [1.54, 1.807) is 12.4 Å². The number of rotatable bonds is 4. The zero-order valence-electron chi connectivity index (χ0n) is 14.8. The summed E-state index contributed by atoms with van der Waals surface area (Å²) in [5.74, 6) is 0.873. The Morgan fingerprint density at radius 2 is 2.08 bits per heavy atom. The molecule has 0 unspecified atom stereocenters. The highest BCUT2D eigenvalue weighted by Gasteiger charge is 2.21. The molecule has 0 saturated carbocycles. The van der Waals surface area contributed by atoms with Crippen LogP contribution in [0.15, 0.2) is 35.4 Å². The number of fused-ring (bicyclic) bond motifs is 2. The van der Waals surface area contributed by atoms with Gasteiger partial charge < -0.3 is 15.0 Å². The molecule has 3 heterocycles. The molecule has 1 aromatic carbocycles. The standard InChI is InChI=1S/C20H21N3O3/c1-11(2)17-9-22-19(25)16-7-12-5-6-21-20(14(12)8-15(16)17)26-10-13-3-4-18(24)23-13/h5-9,11,13H,3-4,10H2,1-2H3,(H,22,25)(H,23,24)/t13-/m0/s1. The molecule has 1 amide bonds. The molecule has 1 saturated heterocycles. The van der Waals surface area contributed by atoms with Crippen molar-refractivity contribution in [1.82, 2.24) is 15.3 Å². The molecule has 3 aromatic rings. The third-order valence-electron chi connectivity index (χ3n) is 4.91. The van der Waals surface area contributed by atoms with Crippen molar-refractivity contribution in [3.63, 3.8) is 0 Å². The predicted molar refractivity (Wildman–Crippen MR) is 101 cm³/mol. The Hall–Kier alpha value is -2.89. The van der Waals surface area contributed by atoms with Gasteiger partial charge >= 0.3 is 0 Å². The van der Waals surface area contributed by atoms with E-state index in [1.807, 2.05) is 18.2 Å². The fraction of sp³-hybridized carbons (Fsp3) is 0.350.